The van der Waals surface area contributed by atoms with Gasteiger partial charge in [0.25, 0.3) is 0 Å². The van der Waals surface area contributed by atoms with Crippen LogP contribution in [-0.4, -0.2) is 20.4 Å². The van der Waals surface area contributed by atoms with E-state index in [9.17, 15) is 0 Å². The maximum Gasteiger partial charge on any atom is 0.106 e. The molecule has 0 spiro atoms. The second-order valence-corrected chi connectivity index (χ2v) is 1.09. The molecule has 3 nitrogen and oxygen atoms in total. The monoisotopic (exact) mass is 212 g/mol. The van der Waals surface area contributed by atoms with Crippen LogP contribution < -0.4 is 0 Å². The van der Waals surface area contributed by atoms with E-state index in [1.54, 1.807) is 0 Å². The zero-order valence-electron chi connectivity index (χ0n) is 6.72. The number of carbonyl (C=O) groups is 3. The summed E-state index contributed by atoms with van der Waals surface area (Å²) < 4.78 is 0. The molecule has 0 saturated carbocycles. The Morgan fingerprint density at radius 2 is 1.00 bits per heavy atom. The minimum Gasteiger partial charge on any atom is -0.307 e. The van der Waals surface area contributed by atoms with Gasteiger partial charge in [0, 0.05) is 17.1 Å². The van der Waals surface area contributed by atoms with E-state index in [1.807, 2.05) is 20.4 Å². The van der Waals surface area contributed by atoms with Gasteiger partial charge in [0.15, 0.2) is 0 Å². The minimum atomic E-state index is 0. The van der Waals surface area contributed by atoms with Crippen LogP contribution in [0.5, 0.6) is 0 Å². The Balaban J connectivity index is -0.0000000406. The molecule has 1 aliphatic carbocycles. The summed E-state index contributed by atoms with van der Waals surface area (Å²) in [4.78, 5) is 24.0. The van der Waals surface area contributed by atoms with Crippen molar-refractivity contribution in [2.75, 3.05) is 0 Å². The molecule has 0 fully saturated rings. The van der Waals surface area contributed by atoms with E-state index in [0.29, 0.717) is 0 Å². The van der Waals surface area contributed by atoms with Crippen molar-refractivity contribution in [3.8, 4) is 0 Å². The molecule has 0 aromatic rings. The van der Waals surface area contributed by atoms with Gasteiger partial charge >= 0.3 is 0 Å². The van der Waals surface area contributed by atoms with E-state index in [0.717, 1.165) is 6.42 Å². The van der Waals surface area contributed by atoms with Gasteiger partial charge in [0.1, 0.15) is 20.4 Å². The summed E-state index contributed by atoms with van der Waals surface area (Å²) in [6.45, 7) is 6.00. The van der Waals surface area contributed by atoms with Gasteiger partial charge < -0.3 is 14.4 Å². The number of carbonyl (C=O) groups excluding carboxylic acids is 3. The molecule has 0 N–H and O–H groups in total. The van der Waals surface area contributed by atoms with Gasteiger partial charge in [-0.1, -0.05) is 24.3 Å². The fourth-order valence-electron chi connectivity index (χ4n) is 0.393. The van der Waals surface area contributed by atoms with Gasteiger partial charge in [-0.15, -0.1) is 0 Å². The van der Waals surface area contributed by atoms with Crippen LogP contribution in [0.25, 0.3) is 0 Å². The zero-order chi connectivity index (χ0) is 9.54. The molecular weight excluding hydrogens is 200 g/mol. The van der Waals surface area contributed by atoms with Gasteiger partial charge in [-0.25, -0.2) is 0 Å². The maximum atomic E-state index is 8.00. The first kappa shape index (κ1) is 22.5. The Morgan fingerprint density at radius 1 is 0.750 bits per heavy atom. The van der Waals surface area contributed by atoms with E-state index in [4.69, 9.17) is 14.4 Å². The normalized spacial score (nSPS) is 8.33. The van der Waals surface area contributed by atoms with Gasteiger partial charge in [-0.2, -0.15) is 0 Å². The Hall–Kier alpha value is -0.991. The molecule has 4 heteroatoms. The Bertz CT molecular complexity index is 98.1. The summed E-state index contributed by atoms with van der Waals surface area (Å²) in [6, 6.07) is 0. The summed E-state index contributed by atoms with van der Waals surface area (Å²) in [7, 11) is 0. The standard InChI is InChI=1S/C5H6.3CH2O.Fe/c1-2-4-5-3-1;3*1-2;/h1-4H,5H2;3*1H2;. The van der Waals surface area contributed by atoms with Crippen molar-refractivity contribution in [2.45, 2.75) is 6.42 Å². The minimum absolute atomic E-state index is 0. The van der Waals surface area contributed by atoms with Crippen LogP contribution >= 0.6 is 0 Å². The molecular formula is C8H12FeO3. The molecule has 0 aliphatic heterocycles. The molecule has 0 unspecified atom stereocenters. The largest absolute Gasteiger partial charge is 0.307 e. The van der Waals surface area contributed by atoms with Crippen LogP contribution in [0.3, 0.4) is 0 Å². The van der Waals surface area contributed by atoms with Crippen LogP contribution in [0.15, 0.2) is 24.3 Å². The second kappa shape index (κ2) is 50.5. The van der Waals surface area contributed by atoms with Crippen LogP contribution in [0.4, 0.5) is 0 Å². The van der Waals surface area contributed by atoms with Gasteiger partial charge in [0.2, 0.25) is 0 Å². The molecule has 1 aliphatic rings. The number of allylic oxidation sites excluding steroid dienone is 4. The second-order valence-electron chi connectivity index (χ2n) is 1.09. The average Bonchev–Trinajstić information content (AvgIpc) is 2.71. The molecule has 0 aromatic heterocycles. The fourth-order valence-corrected chi connectivity index (χ4v) is 0.393. The molecule has 1 rings (SSSR count). The molecule has 12 heavy (non-hydrogen) atoms. The van der Waals surface area contributed by atoms with Crippen molar-refractivity contribution in [1.82, 2.24) is 0 Å². The van der Waals surface area contributed by atoms with E-state index in [-0.39, 0.29) is 17.1 Å². The predicted molar refractivity (Wildman–Crippen MR) is 44.3 cm³/mol. The van der Waals surface area contributed by atoms with Crippen molar-refractivity contribution in [2.24, 2.45) is 0 Å². The van der Waals surface area contributed by atoms with Crippen molar-refractivity contribution in [3.63, 3.8) is 0 Å². The smallest absolute Gasteiger partial charge is 0.106 e. The maximum absolute atomic E-state index is 8.00. The third-order valence-corrected chi connectivity index (χ3v) is 0.655. The van der Waals surface area contributed by atoms with Crippen molar-refractivity contribution < 1.29 is 31.5 Å². The first-order chi connectivity index (χ1) is 5.50. The van der Waals surface area contributed by atoms with Gasteiger partial charge in [-0.05, 0) is 6.42 Å². The molecule has 0 radical (unpaired) electrons. The van der Waals surface area contributed by atoms with Crippen LogP contribution in [-0.2, 0) is 31.5 Å². The Labute approximate surface area is 83.0 Å². The van der Waals surface area contributed by atoms with Crippen molar-refractivity contribution >= 4 is 20.4 Å². The molecule has 0 aromatic carbocycles. The Morgan fingerprint density at radius 3 is 1.08 bits per heavy atom. The third kappa shape index (κ3) is 36.0. The van der Waals surface area contributed by atoms with E-state index in [1.165, 1.54) is 0 Å². The van der Waals surface area contributed by atoms with E-state index < -0.39 is 0 Å². The first-order valence-electron chi connectivity index (χ1n) is 2.68. The molecule has 0 saturated heterocycles. The molecule has 70 valence electrons. The van der Waals surface area contributed by atoms with E-state index in [2.05, 4.69) is 24.3 Å². The van der Waals surface area contributed by atoms with Gasteiger partial charge in [0.05, 0.1) is 0 Å². The fraction of sp³-hybridized carbons (Fsp3) is 0.125. The third-order valence-electron chi connectivity index (χ3n) is 0.655. The number of rotatable bonds is 0. The summed E-state index contributed by atoms with van der Waals surface area (Å²) >= 11 is 0. The molecule has 0 bridgehead atoms. The van der Waals surface area contributed by atoms with Crippen LogP contribution in [0, 0.1) is 0 Å². The number of hydrogen-bond acceptors (Lipinski definition) is 3. The number of hydrogen-bond donors (Lipinski definition) is 0. The predicted octanol–water partition coefficient (Wildman–Crippen LogP) is 0.945. The summed E-state index contributed by atoms with van der Waals surface area (Å²) in [5.74, 6) is 0. The van der Waals surface area contributed by atoms with E-state index >= 15 is 0 Å². The van der Waals surface area contributed by atoms with Gasteiger partial charge in [-0.3, -0.25) is 0 Å². The first-order valence-corrected chi connectivity index (χ1v) is 2.68. The SMILES string of the molecule is C1=CCC=C1.C=O.C=O.C=O.[Fe]. The average molecular weight is 212 g/mol. The Kier molecular flexibility index (Phi) is 94.6. The van der Waals surface area contributed by atoms with Crippen molar-refractivity contribution in [3.05, 3.63) is 24.3 Å². The van der Waals surface area contributed by atoms with Crippen LogP contribution in [0.1, 0.15) is 6.42 Å². The van der Waals surface area contributed by atoms with Crippen LogP contribution in [0.2, 0.25) is 0 Å². The summed E-state index contributed by atoms with van der Waals surface area (Å²) in [5.41, 5.74) is 0. The quantitative estimate of drug-likeness (QED) is 0.561. The summed E-state index contributed by atoms with van der Waals surface area (Å²) in [6.07, 6.45) is 9.50. The van der Waals surface area contributed by atoms with Crippen molar-refractivity contribution in [1.29, 1.82) is 0 Å². The zero-order valence-corrected chi connectivity index (χ0v) is 7.82. The molecule has 0 amide bonds. The summed E-state index contributed by atoms with van der Waals surface area (Å²) in [5, 5.41) is 0. The molecule has 0 heterocycles. The molecule has 0 atom stereocenters. The topological polar surface area (TPSA) is 51.2 Å².